The number of nitrogens with zero attached hydrogens (tertiary/aromatic N) is 1. The fourth-order valence-electron chi connectivity index (χ4n) is 6.04. The number of rotatable bonds is 24. The maximum Gasteiger partial charge on any atom is 0.127 e. The molecule has 4 aromatic carbocycles. The van der Waals surface area contributed by atoms with Gasteiger partial charge in [-0.3, -0.25) is 0 Å². The average Bonchev–Trinajstić information content (AvgIpc) is 3.12. The Kier molecular flexibility index (Phi) is 16.6. The molecule has 0 aliphatic carbocycles. The van der Waals surface area contributed by atoms with Gasteiger partial charge in [-0.25, -0.2) is 0 Å². The van der Waals surface area contributed by atoms with E-state index in [9.17, 15) is 0 Å². The van der Waals surface area contributed by atoms with E-state index in [2.05, 4.69) is 61.5 Å². The molecule has 47 heavy (non-hydrogen) atoms. The second kappa shape index (κ2) is 21.8. The predicted molar refractivity (Wildman–Crippen MR) is 197 cm³/mol. The van der Waals surface area contributed by atoms with Crippen LogP contribution in [-0.4, -0.2) is 19.8 Å². The van der Waals surface area contributed by atoms with Crippen LogP contribution in [0.5, 0.6) is 17.2 Å². The van der Waals surface area contributed by atoms with Gasteiger partial charge in [0.25, 0.3) is 0 Å². The molecule has 0 aromatic heterocycles. The highest BCUT2D eigenvalue weighted by atomic mass is 16.5. The third kappa shape index (κ3) is 13.0. The van der Waals surface area contributed by atoms with E-state index in [1.54, 1.807) is 0 Å². The molecule has 0 spiro atoms. The Labute approximate surface area is 284 Å². The number of ether oxygens (including phenoxy) is 3. The first-order valence-electron chi connectivity index (χ1n) is 18.3. The average molecular weight is 634 g/mol. The van der Waals surface area contributed by atoms with Gasteiger partial charge in [-0.2, -0.15) is 5.26 Å². The first-order valence-corrected chi connectivity index (χ1v) is 18.3. The standard InChI is InChI=1S/C43H55NO3/c1-2-3-4-5-12-16-33-46-42-22-18-21-41-40(42)20-19-23-43(41)47-34-17-14-11-9-7-6-8-10-13-15-32-45-39-30-28-38(29-31-39)37-26-24-36(35-44)25-27-37/h18-31H,2-17,32-34H2,1H3. The Bertz CT molecular complexity index is 1460. The molecule has 4 aromatic rings. The number of benzene rings is 4. The van der Waals surface area contributed by atoms with Gasteiger partial charge in [-0.1, -0.05) is 139 Å². The van der Waals surface area contributed by atoms with Gasteiger partial charge in [-0.15, -0.1) is 0 Å². The van der Waals surface area contributed by atoms with Crippen molar-refractivity contribution in [2.75, 3.05) is 19.8 Å². The molecule has 0 aliphatic heterocycles. The summed E-state index contributed by atoms with van der Waals surface area (Å²) in [5.41, 5.74) is 2.93. The molecule has 0 aliphatic rings. The summed E-state index contributed by atoms with van der Waals surface area (Å²) < 4.78 is 18.4. The Morgan fingerprint density at radius 1 is 0.447 bits per heavy atom. The monoisotopic (exact) mass is 633 g/mol. The third-order valence-corrected chi connectivity index (χ3v) is 8.86. The molecule has 0 atom stereocenters. The van der Waals surface area contributed by atoms with Crippen LogP contribution in [0, 0.1) is 11.3 Å². The summed E-state index contributed by atoms with van der Waals surface area (Å²) in [6, 6.07) is 30.7. The molecule has 0 radical (unpaired) electrons. The van der Waals surface area contributed by atoms with Gasteiger partial charge < -0.3 is 14.2 Å². The molecule has 0 heterocycles. The van der Waals surface area contributed by atoms with E-state index in [-0.39, 0.29) is 0 Å². The highest BCUT2D eigenvalue weighted by molar-refractivity contribution is 5.93. The summed E-state index contributed by atoms with van der Waals surface area (Å²) in [6.07, 6.45) is 20.1. The van der Waals surface area contributed by atoms with Gasteiger partial charge in [0.1, 0.15) is 17.2 Å². The van der Waals surface area contributed by atoms with Crippen molar-refractivity contribution in [3.8, 4) is 34.4 Å². The lowest BCUT2D eigenvalue weighted by Crippen LogP contribution is -2.00. The van der Waals surface area contributed by atoms with Gasteiger partial charge in [0.2, 0.25) is 0 Å². The molecule has 0 unspecified atom stereocenters. The number of unbranched alkanes of at least 4 members (excludes halogenated alkanes) is 14. The Morgan fingerprint density at radius 2 is 0.851 bits per heavy atom. The van der Waals surface area contributed by atoms with Crippen molar-refractivity contribution in [3.63, 3.8) is 0 Å². The Balaban J connectivity index is 0.984. The van der Waals surface area contributed by atoms with Gasteiger partial charge in [0, 0.05) is 10.8 Å². The van der Waals surface area contributed by atoms with E-state index in [1.807, 2.05) is 36.4 Å². The molecule has 4 nitrogen and oxygen atoms in total. The molecule has 250 valence electrons. The fraction of sp³-hybridized carbons (Fsp3) is 0.465. The summed E-state index contributed by atoms with van der Waals surface area (Å²) in [6.45, 7) is 4.58. The first kappa shape index (κ1) is 35.9. The summed E-state index contributed by atoms with van der Waals surface area (Å²) in [5, 5.41) is 11.3. The van der Waals surface area contributed by atoms with Crippen molar-refractivity contribution in [3.05, 3.63) is 90.5 Å². The second-order valence-electron chi connectivity index (χ2n) is 12.7. The molecule has 0 N–H and O–H groups in total. The van der Waals surface area contributed by atoms with Gasteiger partial charge in [0.15, 0.2) is 0 Å². The zero-order chi connectivity index (χ0) is 32.8. The Morgan fingerprint density at radius 3 is 1.30 bits per heavy atom. The van der Waals surface area contributed by atoms with E-state index < -0.39 is 0 Å². The van der Waals surface area contributed by atoms with Gasteiger partial charge >= 0.3 is 0 Å². The molecular weight excluding hydrogens is 578 g/mol. The van der Waals surface area contributed by atoms with Crippen molar-refractivity contribution in [2.24, 2.45) is 0 Å². The van der Waals surface area contributed by atoms with E-state index in [1.165, 1.54) is 83.5 Å². The number of hydrogen-bond donors (Lipinski definition) is 0. The van der Waals surface area contributed by atoms with Crippen LogP contribution in [0.1, 0.15) is 115 Å². The minimum Gasteiger partial charge on any atom is -0.494 e. The van der Waals surface area contributed by atoms with Crippen molar-refractivity contribution in [1.29, 1.82) is 5.26 Å². The molecule has 4 heteroatoms. The first-order chi connectivity index (χ1) is 23.3. The van der Waals surface area contributed by atoms with Crippen LogP contribution in [0.4, 0.5) is 0 Å². The third-order valence-electron chi connectivity index (χ3n) is 8.86. The van der Waals surface area contributed by atoms with E-state index in [4.69, 9.17) is 19.5 Å². The van der Waals surface area contributed by atoms with Crippen molar-refractivity contribution >= 4 is 10.8 Å². The highest BCUT2D eigenvalue weighted by Crippen LogP contribution is 2.32. The zero-order valence-corrected chi connectivity index (χ0v) is 28.7. The van der Waals surface area contributed by atoms with Crippen LogP contribution in [-0.2, 0) is 0 Å². The quantitative estimate of drug-likeness (QED) is 0.0720. The van der Waals surface area contributed by atoms with Crippen LogP contribution >= 0.6 is 0 Å². The fourth-order valence-corrected chi connectivity index (χ4v) is 6.04. The predicted octanol–water partition coefficient (Wildman–Crippen LogP) is 12.5. The molecular formula is C43H55NO3. The lowest BCUT2D eigenvalue weighted by atomic mass is 10.0. The van der Waals surface area contributed by atoms with Crippen molar-refractivity contribution in [2.45, 2.75) is 110 Å². The second-order valence-corrected chi connectivity index (χ2v) is 12.7. The summed E-state index contributed by atoms with van der Waals surface area (Å²) in [7, 11) is 0. The van der Waals surface area contributed by atoms with E-state index in [0.717, 1.165) is 78.2 Å². The zero-order valence-electron chi connectivity index (χ0n) is 28.7. The molecule has 0 saturated carbocycles. The van der Waals surface area contributed by atoms with Crippen LogP contribution < -0.4 is 14.2 Å². The van der Waals surface area contributed by atoms with Gasteiger partial charge in [0.05, 0.1) is 31.5 Å². The van der Waals surface area contributed by atoms with E-state index >= 15 is 0 Å². The number of hydrogen-bond acceptors (Lipinski definition) is 4. The highest BCUT2D eigenvalue weighted by Gasteiger charge is 2.07. The SMILES string of the molecule is CCCCCCCCOc1cccc2c(OCCCCCCCCCCCCOc3ccc(-c4ccc(C#N)cc4)cc3)cccc12. The Hall–Kier alpha value is -3.97. The van der Waals surface area contributed by atoms with Crippen molar-refractivity contribution in [1.82, 2.24) is 0 Å². The maximum atomic E-state index is 8.97. The smallest absolute Gasteiger partial charge is 0.127 e. The molecule has 0 fully saturated rings. The normalized spacial score (nSPS) is 11.0. The summed E-state index contributed by atoms with van der Waals surface area (Å²) in [4.78, 5) is 0. The minimum absolute atomic E-state index is 0.683. The summed E-state index contributed by atoms with van der Waals surface area (Å²) in [5.74, 6) is 2.86. The largest absolute Gasteiger partial charge is 0.494 e. The van der Waals surface area contributed by atoms with Crippen molar-refractivity contribution < 1.29 is 14.2 Å². The molecule has 0 saturated heterocycles. The van der Waals surface area contributed by atoms with Crippen LogP contribution in [0.15, 0.2) is 84.9 Å². The maximum absolute atomic E-state index is 8.97. The van der Waals surface area contributed by atoms with Crippen LogP contribution in [0.25, 0.3) is 21.9 Å². The molecule has 4 rings (SSSR count). The summed E-state index contributed by atoms with van der Waals surface area (Å²) >= 11 is 0. The molecule has 0 bridgehead atoms. The topological polar surface area (TPSA) is 51.5 Å². The van der Waals surface area contributed by atoms with Crippen LogP contribution in [0.2, 0.25) is 0 Å². The van der Waals surface area contributed by atoms with Crippen LogP contribution in [0.3, 0.4) is 0 Å². The molecule has 0 amide bonds. The lowest BCUT2D eigenvalue weighted by molar-refractivity contribution is 0.303. The number of fused-ring (bicyclic) bond motifs is 1. The lowest BCUT2D eigenvalue weighted by Gasteiger charge is -2.13. The van der Waals surface area contributed by atoms with E-state index in [0.29, 0.717) is 5.56 Å². The minimum atomic E-state index is 0.683. The van der Waals surface area contributed by atoms with Gasteiger partial charge in [-0.05, 0) is 66.8 Å². The number of nitriles is 1.